The highest BCUT2D eigenvalue weighted by Gasteiger charge is 2.32. The summed E-state index contributed by atoms with van der Waals surface area (Å²) >= 11 is 0.907. The molecule has 0 saturated heterocycles. The Kier molecular flexibility index (Phi) is 6.77. The van der Waals surface area contributed by atoms with Crippen molar-refractivity contribution in [1.82, 2.24) is 10.6 Å². The van der Waals surface area contributed by atoms with Crippen LogP contribution >= 0.6 is 11.8 Å². The summed E-state index contributed by atoms with van der Waals surface area (Å²) in [6.45, 7) is 1.40. The smallest absolute Gasteiger partial charge is 0.251 e. The van der Waals surface area contributed by atoms with Gasteiger partial charge in [-0.2, -0.15) is 0 Å². The average molecular weight is 356 g/mol. The third-order valence-electron chi connectivity index (χ3n) is 3.58. The Balaban J connectivity index is 2.36. The highest BCUT2D eigenvalue weighted by Crippen LogP contribution is 2.28. The van der Waals surface area contributed by atoms with Crippen molar-refractivity contribution in [3.8, 4) is 0 Å². The van der Waals surface area contributed by atoms with Crippen molar-refractivity contribution >= 4 is 28.7 Å². The van der Waals surface area contributed by atoms with Crippen LogP contribution in [0, 0.1) is 0 Å². The Bertz CT molecular complexity index is 735. The van der Waals surface area contributed by atoms with Gasteiger partial charge in [-0.1, -0.05) is 60.3 Å². The fourth-order valence-electron chi connectivity index (χ4n) is 2.40. The van der Waals surface area contributed by atoms with Crippen LogP contribution in [0.3, 0.4) is 0 Å². The lowest BCUT2D eigenvalue weighted by Crippen LogP contribution is -2.43. The number of nitrogens with one attached hydrogen (secondary N) is 2. The van der Waals surface area contributed by atoms with Gasteiger partial charge in [-0.05, 0) is 17.7 Å². The van der Waals surface area contributed by atoms with E-state index in [0.29, 0.717) is 5.56 Å². The summed E-state index contributed by atoms with van der Waals surface area (Å²) in [6.07, 6.45) is 0. The van der Waals surface area contributed by atoms with Gasteiger partial charge in [-0.3, -0.25) is 14.4 Å². The maximum absolute atomic E-state index is 12.6. The predicted molar refractivity (Wildman–Crippen MR) is 99.2 cm³/mol. The van der Waals surface area contributed by atoms with E-state index in [1.807, 2.05) is 36.4 Å². The van der Waals surface area contributed by atoms with Crippen LogP contribution in [0.25, 0.3) is 0 Å². The molecule has 0 fully saturated rings. The number of carbonyl (C=O) groups is 3. The first-order valence-corrected chi connectivity index (χ1v) is 8.70. The van der Waals surface area contributed by atoms with Crippen molar-refractivity contribution in [2.75, 3.05) is 7.05 Å². The van der Waals surface area contributed by atoms with Crippen LogP contribution < -0.4 is 10.6 Å². The summed E-state index contributed by atoms with van der Waals surface area (Å²) in [5.74, 6) is -0.616. The van der Waals surface area contributed by atoms with E-state index in [1.54, 1.807) is 24.3 Å². The molecular weight excluding hydrogens is 336 g/mol. The van der Waals surface area contributed by atoms with E-state index in [2.05, 4.69) is 10.6 Å². The second-order valence-corrected chi connectivity index (χ2v) is 6.69. The van der Waals surface area contributed by atoms with Crippen LogP contribution in [-0.4, -0.2) is 29.2 Å². The van der Waals surface area contributed by atoms with Crippen LogP contribution in [-0.2, 0) is 9.59 Å². The lowest BCUT2D eigenvalue weighted by molar-refractivity contribution is -0.120. The molecular formula is C19H20N2O3S. The number of carbonyl (C=O) groups excluding carboxylic acids is 3. The molecule has 0 aliphatic heterocycles. The molecule has 2 atom stereocenters. The van der Waals surface area contributed by atoms with E-state index >= 15 is 0 Å². The molecule has 25 heavy (non-hydrogen) atoms. The number of benzene rings is 2. The second kappa shape index (κ2) is 9.03. The molecule has 2 amide bonds. The topological polar surface area (TPSA) is 75.3 Å². The molecule has 0 saturated carbocycles. The van der Waals surface area contributed by atoms with E-state index in [0.717, 1.165) is 17.3 Å². The molecule has 0 heterocycles. The van der Waals surface area contributed by atoms with Crippen LogP contribution in [0.5, 0.6) is 0 Å². The van der Waals surface area contributed by atoms with Gasteiger partial charge < -0.3 is 10.6 Å². The molecule has 130 valence electrons. The van der Waals surface area contributed by atoms with Crippen molar-refractivity contribution in [3.05, 3.63) is 71.8 Å². The van der Waals surface area contributed by atoms with Crippen molar-refractivity contribution in [2.24, 2.45) is 0 Å². The standard InChI is InChI=1S/C19H20N2O3S/c1-13(22)25-17(19(24)20-2)16(14-9-5-3-6-10-14)21-18(23)15-11-7-4-8-12-15/h3-12,16-17H,1-2H3,(H,20,24)(H,21,23)/t16-,17-/m0/s1. The minimum absolute atomic E-state index is 0.191. The highest BCUT2D eigenvalue weighted by atomic mass is 32.2. The zero-order valence-electron chi connectivity index (χ0n) is 14.1. The molecule has 2 aromatic carbocycles. The van der Waals surface area contributed by atoms with Crippen molar-refractivity contribution < 1.29 is 14.4 Å². The Morgan fingerprint density at radius 2 is 1.48 bits per heavy atom. The Morgan fingerprint density at radius 1 is 0.920 bits per heavy atom. The van der Waals surface area contributed by atoms with Gasteiger partial charge in [-0.15, -0.1) is 0 Å². The largest absolute Gasteiger partial charge is 0.358 e. The summed E-state index contributed by atoms with van der Waals surface area (Å²) in [7, 11) is 1.51. The average Bonchev–Trinajstić information content (AvgIpc) is 2.65. The molecule has 6 heteroatoms. The minimum Gasteiger partial charge on any atom is -0.358 e. The maximum atomic E-state index is 12.6. The van der Waals surface area contributed by atoms with E-state index in [4.69, 9.17) is 0 Å². The minimum atomic E-state index is -0.766. The maximum Gasteiger partial charge on any atom is 0.251 e. The Hall–Kier alpha value is -2.60. The predicted octanol–water partition coefficient (Wildman–Crippen LogP) is 2.55. The summed E-state index contributed by atoms with van der Waals surface area (Å²) < 4.78 is 0. The van der Waals surface area contributed by atoms with Gasteiger partial charge in [-0.25, -0.2) is 0 Å². The SMILES string of the molecule is CNC(=O)[C@@H](SC(C)=O)[C@@H](NC(=O)c1ccccc1)c1ccccc1. The van der Waals surface area contributed by atoms with Gasteiger partial charge in [0.15, 0.2) is 5.12 Å². The molecule has 0 radical (unpaired) electrons. The fourth-order valence-corrected chi connectivity index (χ4v) is 3.35. The van der Waals surface area contributed by atoms with E-state index in [1.165, 1.54) is 14.0 Å². The molecule has 0 aromatic heterocycles. The Morgan fingerprint density at radius 3 is 2.00 bits per heavy atom. The van der Waals surface area contributed by atoms with Crippen LogP contribution in [0.1, 0.15) is 28.9 Å². The fraction of sp³-hybridized carbons (Fsp3) is 0.211. The van der Waals surface area contributed by atoms with Gasteiger partial charge >= 0.3 is 0 Å². The summed E-state index contributed by atoms with van der Waals surface area (Å²) in [6, 6.07) is 17.3. The molecule has 0 unspecified atom stereocenters. The summed E-state index contributed by atoms with van der Waals surface area (Å²) in [5, 5.41) is 4.51. The first kappa shape index (κ1) is 18.7. The first-order valence-electron chi connectivity index (χ1n) is 7.82. The highest BCUT2D eigenvalue weighted by molar-refractivity contribution is 8.14. The molecule has 0 aliphatic rings. The Labute approximate surface area is 151 Å². The molecule has 0 spiro atoms. The molecule has 5 nitrogen and oxygen atoms in total. The van der Waals surface area contributed by atoms with E-state index in [-0.39, 0.29) is 16.9 Å². The zero-order valence-corrected chi connectivity index (χ0v) is 14.9. The van der Waals surface area contributed by atoms with Crippen LogP contribution in [0.15, 0.2) is 60.7 Å². The zero-order chi connectivity index (χ0) is 18.2. The number of hydrogen-bond donors (Lipinski definition) is 2. The monoisotopic (exact) mass is 356 g/mol. The van der Waals surface area contributed by atoms with Gasteiger partial charge in [0.1, 0.15) is 5.25 Å². The van der Waals surface area contributed by atoms with E-state index in [9.17, 15) is 14.4 Å². The number of hydrogen-bond acceptors (Lipinski definition) is 4. The normalized spacial score (nSPS) is 12.7. The number of amides is 2. The van der Waals surface area contributed by atoms with Gasteiger partial charge in [0.25, 0.3) is 5.91 Å². The van der Waals surface area contributed by atoms with Crippen molar-refractivity contribution in [1.29, 1.82) is 0 Å². The second-order valence-electron chi connectivity index (χ2n) is 5.37. The van der Waals surface area contributed by atoms with Gasteiger partial charge in [0.05, 0.1) is 6.04 Å². The summed E-state index contributed by atoms with van der Waals surface area (Å²) in [5.41, 5.74) is 1.25. The lowest BCUT2D eigenvalue weighted by atomic mass is 10.0. The van der Waals surface area contributed by atoms with Crippen molar-refractivity contribution in [3.63, 3.8) is 0 Å². The number of thioether (sulfide) groups is 1. The van der Waals surface area contributed by atoms with Gasteiger partial charge in [0, 0.05) is 19.5 Å². The molecule has 2 N–H and O–H groups in total. The summed E-state index contributed by atoms with van der Waals surface area (Å²) in [4.78, 5) is 36.6. The third kappa shape index (κ3) is 5.19. The van der Waals surface area contributed by atoms with E-state index < -0.39 is 11.3 Å². The third-order valence-corrected chi connectivity index (χ3v) is 4.65. The molecule has 0 aliphatic carbocycles. The van der Waals surface area contributed by atoms with Crippen molar-refractivity contribution in [2.45, 2.75) is 18.2 Å². The first-order chi connectivity index (χ1) is 12.0. The van der Waals surface area contributed by atoms with Gasteiger partial charge in [0.2, 0.25) is 5.91 Å². The molecule has 0 bridgehead atoms. The number of rotatable bonds is 6. The molecule has 2 aromatic rings. The quantitative estimate of drug-likeness (QED) is 0.834. The lowest BCUT2D eigenvalue weighted by Gasteiger charge is -2.26. The van der Waals surface area contributed by atoms with Crippen LogP contribution in [0.2, 0.25) is 0 Å². The van der Waals surface area contributed by atoms with Crippen LogP contribution in [0.4, 0.5) is 0 Å². The molecule has 2 rings (SSSR count).